The van der Waals surface area contributed by atoms with E-state index >= 15 is 0 Å². The molecule has 0 aliphatic carbocycles. The molecular weight excluding hydrogens is 252 g/mol. The van der Waals surface area contributed by atoms with Crippen LogP contribution < -0.4 is 11.1 Å². The van der Waals surface area contributed by atoms with E-state index in [0.29, 0.717) is 25.3 Å². The average Bonchev–Trinajstić information content (AvgIpc) is 2.35. The molecule has 0 radical (unpaired) electrons. The smallest absolute Gasteiger partial charge is 0.322 e. The van der Waals surface area contributed by atoms with Gasteiger partial charge in [-0.25, -0.2) is 0 Å². The average molecular weight is 274 g/mol. The summed E-state index contributed by atoms with van der Waals surface area (Å²) in [4.78, 5) is 22.8. The Balaban J connectivity index is 3.79. The molecule has 6 heteroatoms. The fourth-order valence-corrected chi connectivity index (χ4v) is 2.11. The van der Waals surface area contributed by atoms with Crippen molar-refractivity contribution in [2.45, 2.75) is 31.6 Å². The Kier molecular flexibility index (Phi) is 9.40. The molecule has 0 saturated heterocycles. The van der Waals surface area contributed by atoms with Crippen molar-refractivity contribution in [3.63, 3.8) is 0 Å². The predicted molar refractivity (Wildman–Crippen MR) is 74.4 cm³/mol. The van der Waals surface area contributed by atoms with E-state index < -0.39 is 6.04 Å². The van der Waals surface area contributed by atoms with Crippen molar-refractivity contribution in [3.8, 4) is 0 Å². The predicted octanol–water partition coefficient (Wildman–Crippen LogP) is 0.691. The molecule has 3 N–H and O–H groups in total. The van der Waals surface area contributed by atoms with Gasteiger partial charge in [-0.3, -0.25) is 9.59 Å². The summed E-state index contributed by atoms with van der Waals surface area (Å²) in [5.74, 6) is 0.217. The summed E-state index contributed by atoms with van der Waals surface area (Å²) in [6.45, 7) is 7.88. The van der Waals surface area contributed by atoms with Gasteiger partial charge in [-0.2, -0.15) is 0 Å². The van der Waals surface area contributed by atoms with Crippen molar-refractivity contribution in [2.24, 2.45) is 5.73 Å². The van der Waals surface area contributed by atoms with Gasteiger partial charge in [0.1, 0.15) is 6.04 Å². The van der Waals surface area contributed by atoms with Crippen LogP contribution in [0.4, 0.5) is 0 Å². The van der Waals surface area contributed by atoms with Gasteiger partial charge in [-0.15, -0.1) is 18.3 Å². The molecule has 0 aromatic heterocycles. The van der Waals surface area contributed by atoms with Crippen LogP contribution in [0.3, 0.4) is 0 Å². The number of amides is 1. The second kappa shape index (κ2) is 9.96. The molecule has 0 aliphatic rings. The number of nitrogens with two attached hydrogens (primary N) is 1. The molecule has 0 heterocycles. The topological polar surface area (TPSA) is 81.4 Å². The number of thioether (sulfide) groups is 1. The van der Waals surface area contributed by atoms with Crippen LogP contribution in [0.25, 0.3) is 0 Å². The van der Waals surface area contributed by atoms with Crippen LogP contribution in [0, 0.1) is 0 Å². The summed E-state index contributed by atoms with van der Waals surface area (Å²) in [7, 11) is 0. The normalized spacial score (nSPS) is 13.5. The highest BCUT2D eigenvalue weighted by atomic mass is 32.2. The van der Waals surface area contributed by atoms with Crippen LogP contribution >= 0.6 is 11.8 Å². The number of carbonyl (C=O) groups is 2. The van der Waals surface area contributed by atoms with Gasteiger partial charge in [-0.05, 0) is 26.0 Å². The highest BCUT2D eigenvalue weighted by Gasteiger charge is 2.16. The van der Waals surface area contributed by atoms with Gasteiger partial charge in [0.25, 0.3) is 0 Å². The van der Waals surface area contributed by atoms with Crippen molar-refractivity contribution in [3.05, 3.63) is 12.7 Å². The van der Waals surface area contributed by atoms with Crippen molar-refractivity contribution in [1.29, 1.82) is 0 Å². The van der Waals surface area contributed by atoms with Crippen LogP contribution in [-0.2, 0) is 14.3 Å². The molecule has 0 aliphatic heterocycles. The van der Waals surface area contributed by atoms with Gasteiger partial charge >= 0.3 is 5.97 Å². The summed E-state index contributed by atoms with van der Waals surface area (Å²) in [5, 5.41) is 2.55. The van der Waals surface area contributed by atoms with E-state index in [1.807, 2.05) is 6.92 Å². The Morgan fingerprint density at radius 2 is 2.22 bits per heavy atom. The first-order valence-electron chi connectivity index (χ1n) is 5.95. The van der Waals surface area contributed by atoms with Gasteiger partial charge in [-0.1, -0.05) is 6.08 Å². The lowest BCUT2D eigenvalue weighted by Crippen LogP contribution is -2.34. The molecular formula is C12H22N2O3S. The Morgan fingerprint density at radius 3 is 2.78 bits per heavy atom. The fraction of sp³-hybridized carbons (Fsp3) is 0.667. The third kappa shape index (κ3) is 7.34. The minimum atomic E-state index is -0.610. The molecule has 0 rings (SSSR count). The molecule has 0 aromatic rings. The molecule has 0 fully saturated rings. The second-order valence-electron chi connectivity index (χ2n) is 3.69. The number of nitrogens with one attached hydrogen (secondary N) is 1. The molecule has 2 unspecified atom stereocenters. The Bertz CT molecular complexity index is 284. The van der Waals surface area contributed by atoms with Gasteiger partial charge in [0, 0.05) is 6.54 Å². The third-order valence-corrected chi connectivity index (χ3v) is 3.36. The molecule has 0 bridgehead atoms. The minimum absolute atomic E-state index is 0.0374. The standard InChI is InChI=1S/C12H22N2O3S/c1-4-7-14-11(15)9(3)18-8-6-10(13)12(16)17-5-2/h4,9-10H,1,5-8,13H2,2-3H3,(H,14,15). The first kappa shape index (κ1) is 17.0. The molecule has 0 saturated carbocycles. The van der Waals surface area contributed by atoms with Crippen LogP contribution in [0.2, 0.25) is 0 Å². The second-order valence-corrected chi connectivity index (χ2v) is 5.14. The Morgan fingerprint density at radius 1 is 1.56 bits per heavy atom. The zero-order chi connectivity index (χ0) is 14.0. The van der Waals surface area contributed by atoms with Crippen LogP contribution in [0.5, 0.6) is 0 Å². The van der Waals surface area contributed by atoms with Crippen molar-refractivity contribution in [2.75, 3.05) is 18.9 Å². The first-order chi connectivity index (χ1) is 8.52. The maximum absolute atomic E-state index is 11.5. The van der Waals surface area contributed by atoms with Crippen LogP contribution in [0.1, 0.15) is 20.3 Å². The van der Waals surface area contributed by atoms with E-state index in [4.69, 9.17) is 10.5 Å². The van der Waals surface area contributed by atoms with Gasteiger partial charge < -0.3 is 15.8 Å². The lowest BCUT2D eigenvalue weighted by molar-refractivity contribution is -0.144. The highest BCUT2D eigenvalue weighted by Crippen LogP contribution is 2.12. The third-order valence-electron chi connectivity index (χ3n) is 2.18. The lowest BCUT2D eigenvalue weighted by atomic mass is 10.2. The molecule has 5 nitrogen and oxygen atoms in total. The zero-order valence-corrected chi connectivity index (χ0v) is 11.8. The number of carbonyl (C=O) groups excluding carboxylic acids is 2. The quantitative estimate of drug-likeness (QED) is 0.477. The molecule has 104 valence electrons. The van der Waals surface area contributed by atoms with E-state index in [1.165, 1.54) is 11.8 Å². The monoisotopic (exact) mass is 274 g/mol. The first-order valence-corrected chi connectivity index (χ1v) is 7.00. The van der Waals surface area contributed by atoms with E-state index in [2.05, 4.69) is 11.9 Å². The van der Waals surface area contributed by atoms with E-state index in [1.54, 1.807) is 13.0 Å². The molecule has 1 amide bonds. The molecule has 0 aromatic carbocycles. The number of esters is 1. The Labute approximate surface area is 113 Å². The highest BCUT2D eigenvalue weighted by molar-refractivity contribution is 8.00. The van der Waals surface area contributed by atoms with Gasteiger partial charge in [0.2, 0.25) is 5.91 Å². The van der Waals surface area contributed by atoms with Crippen LogP contribution in [0.15, 0.2) is 12.7 Å². The molecule has 0 spiro atoms. The SMILES string of the molecule is C=CCNC(=O)C(C)SCCC(N)C(=O)OCC. The Hall–Kier alpha value is -1.01. The van der Waals surface area contributed by atoms with Gasteiger partial charge in [0.05, 0.1) is 11.9 Å². The van der Waals surface area contributed by atoms with Crippen molar-refractivity contribution >= 4 is 23.6 Å². The maximum Gasteiger partial charge on any atom is 0.322 e. The number of ether oxygens (including phenoxy) is 1. The summed E-state index contributed by atoms with van der Waals surface area (Å²) < 4.78 is 4.80. The summed E-state index contributed by atoms with van der Waals surface area (Å²) >= 11 is 1.46. The zero-order valence-electron chi connectivity index (χ0n) is 11.0. The number of rotatable bonds is 9. The maximum atomic E-state index is 11.5. The summed E-state index contributed by atoms with van der Waals surface area (Å²) in [6, 6.07) is -0.610. The van der Waals surface area contributed by atoms with E-state index in [0.717, 1.165) is 0 Å². The summed E-state index contributed by atoms with van der Waals surface area (Å²) in [5.41, 5.74) is 5.64. The van der Waals surface area contributed by atoms with E-state index in [-0.39, 0.29) is 17.1 Å². The van der Waals surface area contributed by atoms with E-state index in [9.17, 15) is 9.59 Å². The number of hydrogen-bond acceptors (Lipinski definition) is 5. The summed E-state index contributed by atoms with van der Waals surface area (Å²) in [6.07, 6.45) is 2.13. The minimum Gasteiger partial charge on any atom is -0.465 e. The lowest BCUT2D eigenvalue weighted by Gasteiger charge is -2.13. The van der Waals surface area contributed by atoms with Crippen molar-refractivity contribution < 1.29 is 14.3 Å². The van der Waals surface area contributed by atoms with Gasteiger partial charge in [0.15, 0.2) is 0 Å². The molecule has 18 heavy (non-hydrogen) atoms. The largest absolute Gasteiger partial charge is 0.465 e. The fourth-order valence-electron chi connectivity index (χ4n) is 1.13. The molecule has 2 atom stereocenters. The van der Waals surface area contributed by atoms with Crippen LogP contribution in [-0.4, -0.2) is 42.1 Å². The van der Waals surface area contributed by atoms with Crippen molar-refractivity contribution in [1.82, 2.24) is 5.32 Å². The number of hydrogen-bond donors (Lipinski definition) is 2.